The molecule has 1 heterocycles. The maximum absolute atomic E-state index is 5.46. The number of hydrogen-bond acceptors (Lipinski definition) is 4. The van der Waals surface area contributed by atoms with Crippen LogP contribution in [0.3, 0.4) is 0 Å². The van der Waals surface area contributed by atoms with E-state index in [0.29, 0.717) is 17.0 Å². The van der Waals surface area contributed by atoms with Gasteiger partial charge in [0.2, 0.25) is 11.8 Å². The first kappa shape index (κ1) is 13.6. The van der Waals surface area contributed by atoms with Crippen LogP contribution in [-0.4, -0.2) is 10.2 Å². The topological polar surface area (TPSA) is 38.9 Å². The number of rotatable bonds is 4. The van der Waals surface area contributed by atoms with Crippen LogP contribution in [0, 0.1) is 6.92 Å². The third-order valence-corrected chi connectivity index (χ3v) is 4.64. The Morgan fingerprint density at radius 3 is 2.50 bits per heavy atom. The molecule has 0 N–H and O–H groups in total. The van der Waals surface area contributed by atoms with E-state index in [1.807, 2.05) is 13.0 Å². The highest BCUT2D eigenvalue weighted by Gasteiger charge is 2.18. The van der Waals surface area contributed by atoms with Gasteiger partial charge in [-0.05, 0) is 25.5 Å². The van der Waals surface area contributed by atoms with E-state index in [9.17, 15) is 0 Å². The quantitative estimate of drug-likeness (QED) is 0.816. The molecule has 0 aliphatic carbocycles. The molecule has 0 aliphatic heterocycles. The molecule has 1 aromatic heterocycles. The molecule has 0 saturated heterocycles. The molecule has 1 aromatic carbocycles. The van der Waals surface area contributed by atoms with Crippen molar-refractivity contribution < 1.29 is 4.42 Å². The van der Waals surface area contributed by atoms with Crippen LogP contribution in [0.25, 0.3) is 0 Å². The molecule has 0 saturated carbocycles. The van der Waals surface area contributed by atoms with Gasteiger partial charge in [0.25, 0.3) is 0 Å². The Morgan fingerprint density at radius 2 is 1.89 bits per heavy atom. The van der Waals surface area contributed by atoms with Crippen LogP contribution in [0.4, 0.5) is 0 Å². The zero-order valence-corrected chi connectivity index (χ0v) is 13.0. The Labute approximate surface area is 120 Å². The van der Waals surface area contributed by atoms with Crippen molar-refractivity contribution in [1.82, 2.24) is 10.2 Å². The molecular formula is C13H15BrN2OS. The van der Waals surface area contributed by atoms with Crippen molar-refractivity contribution in [3.63, 3.8) is 0 Å². The number of aromatic nitrogens is 2. The third kappa shape index (κ3) is 3.14. The van der Waals surface area contributed by atoms with E-state index >= 15 is 0 Å². The lowest BCUT2D eigenvalue weighted by Gasteiger charge is -2.16. The molecule has 2 atom stereocenters. The summed E-state index contributed by atoms with van der Waals surface area (Å²) in [5.74, 6) is 1.31. The van der Waals surface area contributed by atoms with E-state index < -0.39 is 0 Å². The summed E-state index contributed by atoms with van der Waals surface area (Å²) in [6.07, 6.45) is 0. The van der Waals surface area contributed by atoms with E-state index in [1.165, 1.54) is 5.56 Å². The molecule has 96 valence electrons. The zero-order chi connectivity index (χ0) is 13.1. The van der Waals surface area contributed by atoms with Crippen LogP contribution in [-0.2, 0) is 0 Å². The average molecular weight is 327 g/mol. The lowest BCUT2D eigenvalue weighted by molar-refractivity contribution is 0.470. The predicted octanol–water partition coefficient (Wildman–Crippen LogP) is 4.70. The summed E-state index contributed by atoms with van der Waals surface area (Å²) >= 11 is 5.39. The molecule has 0 amide bonds. The predicted molar refractivity (Wildman–Crippen MR) is 77.6 cm³/mol. The standard InChI is InChI=1S/C13H15BrN2OS/c1-8(11-6-4-5-7-12(11)14)18-9(2)13-16-15-10(3)17-13/h4-9H,1-3H3/t8-,9-/m0/s1. The fraction of sp³-hybridized carbons (Fsp3) is 0.385. The summed E-state index contributed by atoms with van der Waals surface area (Å²) < 4.78 is 6.60. The fourth-order valence-electron chi connectivity index (χ4n) is 1.72. The van der Waals surface area contributed by atoms with Crippen molar-refractivity contribution in [3.05, 3.63) is 46.1 Å². The molecule has 0 radical (unpaired) electrons. The summed E-state index contributed by atoms with van der Waals surface area (Å²) in [7, 11) is 0. The van der Waals surface area contributed by atoms with E-state index in [-0.39, 0.29) is 5.25 Å². The van der Waals surface area contributed by atoms with E-state index in [4.69, 9.17) is 4.42 Å². The van der Waals surface area contributed by atoms with E-state index in [1.54, 1.807) is 11.8 Å². The largest absolute Gasteiger partial charge is 0.424 e. The van der Waals surface area contributed by atoms with Crippen LogP contribution in [0.15, 0.2) is 33.2 Å². The number of hydrogen-bond donors (Lipinski definition) is 0. The van der Waals surface area contributed by atoms with Gasteiger partial charge in [-0.15, -0.1) is 22.0 Å². The van der Waals surface area contributed by atoms with Gasteiger partial charge in [0.05, 0.1) is 5.25 Å². The highest BCUT2D eigenvalue weighted by Crippen LogP contribution is 2.41. The number of halogens is 1. The lowest BCUT2D eigenvalue weighted by Crippen LogP contribution is -1.95. The van der Waals surface area contributed by atoms with Crippen molar-refractivity contribution in [2.45, 2.75) is 31.3 Å². The second kappa shape index (κ2) is 5.89. The van der Waals surface area contributed by atoms with Gasteiger partial charge in [-0.3, -0.25) is 0 Å². The van der Waals surface area contributed by atoms with E-state index in [2.05, 4.69) is 58.2 Å². The summed E-state index contributed by atoms with van der Waals surface area (Å²) in [6, 6.07) is 8.27. The monoisotopic (exact) mass is 326 g/mol. The summed E-state index contributed by atoms with van der Waals surface area (Å²) in [5, 5.41) is 8.48. The second-order valence-corrected chi connectivity index (χ2v) is 6.64. The number of thioether (sulfide) groups is 1. The molecule has 2 aromatic rings. The van der Waals surface area contributed by atoms with Crippen molar-refractivity contribution in [2.75, 3.05) is 0 Å². The maximum atomic E-state index is 5.46. The molecule has 0 spiro atoms. The average Bonchev–Trinajstić information content (AvgIpc) is 2.76. The van der Waals surface area contributed by atoms with Gasteiger partial charge in [-0.25, -0.2) is 0 Å². The van der Waals surface area contributed by atoms with Gasteiger partial charge in [0, 0.05) is 16.6 Å². The first-order valence-corrected chi connectivity index (χ1v) is 7.51. The minimum atomic E-state index is 0.188. The molecule has 5 heteroatoms. The smallest absolute Gasteiger partial charge is 0.229 e. The van der Waals surface area contributed by atoms with Gasteiger partial charge >= 0.3 is 0 Å². The SMILES string of the molecule is Cc1nnc([C@H](C)S[C@@H](C)c2ccccc2Br)o1. The molecule has 18 heavy (non-hydrogen) atoms. The third-order valence-electron chi connectivity index (χ3n) is 2.64. The Balaban J connectivity index is 2.08. The molecule has 0 fully saturated rings. The lowest BCUT2D eigenvalue weighted by atomic mass is 10.2. The van der Waals surface area contributed by atoms with Crippen LogP contribution in [0.2, 0.25) is 0 Å². The van der Waals surface area contributed by atoms with Crippen LogP contribution < -0.4 is 0 Å². The van der Waals surface area contributed by atoms with Gasteiger partial charge in [-0.2, -0.15) is 0 Å². The molecule has 0 unspecified atom stereocenters. The molecule has 0 bridgehead atoms. The van der Waals surface area contributed by atoms with Crippen molar-refractivity contribution in [2.24, 2.45) is 0 Å². The molecule has 0 aliphatic rings. The van der Waals surface area contributed by atoms with E-state index in [0.717, 1.165) is 4.47 Å². The van der Waals surface area contributed by atoms with Crippen molar-refractivity contribution >= 4 is 27.7 Å². The highest BCUT2D eigenvalue weighted by molar-refractivity contribution is 9.10. The number of aryl methyl sites for hydroxylation is 1. The minimum Gasteiger partial charge on any atom is -0.424 e. The normalized spacial score (nSPS) is 14.4. The molecule has 2 rings (SSSR count). The first-order chi connectivity index (χ1) is 8.58. The van der Waals surface area contributed by atoms with Gasteiger partial charge in [0.15, 0.2) is 0 Å². The molecular weight excluding hydrogens is 312 g/mol. The summed E-state index contributed by atoms with van der Waals surface area (Å²) in [6.45, 7) is 6.08. The van der Waals surface area contributed by atoms with Gasteiger partial charge < -0.3 is 4.42 Å². The van der Waals surface area contributed by atoms with Gasteiger partial charge in [0.1, 0.15) is 0 Å². The first-order valence-electron chi connectivity index (χ1n) is 5.78. The van der Waals surface area contributed by atoms with Crippen molar-refractivity contribution in [3.8, 4) is 0 Å². The minimum absolute atomic E-state index is 0.188. The second-order valence-electron chi connectivity index (χ2n) is 4.10. The van der Waals surface area contributed by atoms with Crippen LogP contribution in [0.5, 0.6) is 0 Å². The highest BCUT2D eigenvalue weighted by atomic mass is 79.9. The Bertz CT molecular complexity index is 529. The number of benzene rings is 1. The summed E-state index contributed by atoms with van der Waals surface area (Å²) in [5.41, 5.74) is 1.28. The zero-order valence-electron chi connectivity index (χ0n) is 10.6. The fourth-order valence-corrected chi connectivity index (χ4v) is 3.67. The number of nitrogens with zero attached hydrogens (tertiary/aromatic N) is 2. The van der Waals surface area contributed by atoms with Crippen LogP contribution in [0.1, 0.15) is 41.7 Å². The maximum Gasteiger partial charge on any atom is 0.229 e. The summed E-state index contributed by atoms with van der Waals surface area (Å²) in [4.78, 5) is 0. The Kier molecular flexibility index (Phi) is 4.45. The van der Waals surface area contributed by atoms with Crippen molar-refractivity contribution in [1.29, 1.82) is 0 Å². The Hall–Kier alpha value is -0.810. The van der Waals surface area contributed by atoms with Gasteiger partial charge in [-0.1, -0.05) is 34.1 Å². The molecule has 3 nitrogen and oxygen atoms in total. The van der Waals surface area contributed by atoms with Crippen LogP contribution >= 0.6 is 27.7 Å². The Morgan fingerprint density at radius 1 is 1.17 bits per heavy atom.